The number of ether oxygens (including phenoxy) is 4. The largest absolute Gasteiger partial charge is 0.512 e. The lowest BCUT2D eigenvalue weighted by Crippen LogP contribution is -2.46. The summed E-state index contributed by atoms with van der Waals surface area (Å²) in [6.07, 6.45) is 0.392. The highest BCUT2D eigenvalue weighted by Crippen LogP contribution is 2.48. The summed E-state index contributed by atoms with van der Waals surface area (Å²) in [5, 5.41) is 36.1. The number of rotatable bonds is 2. The Morgan fingerprint density at radius 3 is 2.33 bits per heavy atom. The Labute approximate surface area is 294 Å². The number of carbonyl (C=O) groups excluding carboxylic acids is 6. The number of fused-ring (bicyclic) bond motifs is 11. The minimum atomic E-state index is -2.04. The lowest BCUT2D eigenvalue weighted by Gasteiger charge is -2.33. The van der Waals surface area contributed by atoms with Crippen molar-refractivity contribution in [3.05, 3.63) is 57.6 Å². The van der Waals surface area contributed by atoms with E-state index in [2.05, 4.69) is 5.32 Å². The number of phenols is 1. The van der Waals surface area contributed by atoms with Crippen molar-refractivity contribution < 1.29 is 63.0 Å². The molecule has 0 saturated heterocycles. The number of methoxy groups -OCH3 is 1. The summed E-state index contributed by atoms with van der Waals surface area (Å²) >= 11 is 0. The number of esters is 1. The molecule has 0 spiro atoms. The number of carbonyl (C=O) groups is 6. The van der Waals surface area contributed by atoms with Crippen LogP contribution in [-0.4, -0.2) is 87.6 Å². The van der Waals surface area contributed by atoms with Crippen molar-refractivity contribution >= 4 is 35.0 Å². The first-order valence-corrected chi connectivity index (χ1v) is 16.7. The molecule has 6 rings (SSSR count). The van der Waals surface area contributed by atoms with Crippen LogP contribution in [0, 0.1) is 30.6 Å². The molecule has 14 heteroatoms. The highest BCUT2D eigenvalue weighted by atomic mass is 16.7. The van der Waals surface area contributed by atoms with Gasteiger partial charge in [0.1, 0.15) is 23.4 Å². The zero-order valence-electron chi connectivity index (χ0n) is 29.7. The molecule has 5 aliphatic rings. The molecule has 14 nitrogen and oxygen atoms in total. The van der Waals surface area contributed by atoms with Crippen molar-refractivity contribution in [2.75, 3.05) is 7.11 Å². The normalized spacial score (nSPS) is 35.9. The third-order valence-electron chi connectivity index (χ3n) is 10.4. The van der Waals surface area contributed by atoms with Crippen molar-refractivity contribution in [2.24, 2.45) is 23.7 Å². The third-order valence-corrected chi connectivity index (χ3v) is 10.4. The molecular formula is C37H43NO13. The summed E-state index contributed by atoms with van der Waals surface area (Å²) in [5.74, 6) is -9.92. The lowest BCUT2D eigenvalue weighted by atomic mass is 9.80. The van der Waals surface area contributed by atoms with E-state index in [4.69, 9.17) is 18.9 Å². The fourth-order valence-corrected chi connectivity index (χ4v) is 7.21. The molecule has 1 amide bonds. The van der Waals surface area contributed by atoms with E-state index >= 15 is 0 Å². The maximum absolute atomic E-state index is 13.9. The predicted molar refractivity (Wildman–Crippen MR) is 178 cm³/mol. The fraction of sp³-hybridized carbons (Fsp3) is 0.514. The number of hydrogen-bond acceptors (Lipinski definition) is 13. The molecule has 0 radical (unpaired) electrons. The SMILES string of the molecule is CO[C@H]1/C=C\O[C@@]2(C)Oc3c(C)c(O)c4c(c3C2=O)C(=O)CC(NC(=O)/C(C)=C\C(=O)[C@@H]2C[C@@H]2[C@H](O)/C(C)=C(/O)[C@@H](C)[C@H](OC(C)=O)[C@@H]1C)C4=O. The number of benzene rings is 1. The van der Waals surface area contributed by atoms with Crippen molar-refractivity contribution in [3.63, 3.8) is 0 Å². The first-order valence-electron chi connectivity index (χ1n) is 16.7. The number of nitrogens with one attached hydrogen (secondary N) is 1. The Morgan fingerprint density at radius 1 is 1.04 bits per heavy atom. The predicted octanol–water partition coefficient (Wildman–Crippen LogP) is 3.35. The van der Waals surface area contributed by atoms with Crippen LogP contribution in [0.15, 0.2) is 35.3 Å². The monoisotopic (exact) mass is 709 g/mol. The molecule has 2 aliphatic carbocycles. The van der Waals surface area contributed by atoms with Crippen LogP contribution in [0.4, 0.5) is 0 Å². The van der Waals surface area contributed by atoms with Crippen LogP contribution >= 0.6 is 0 Å². The Hall–Kier alpha value is -4.82. The number of aromatic hydroxyl groups is 1. The van der Waals surface area contributed by atoms with Gasteiger partial charge in [-0.3, -0.25) is 28.8 Å². The van der Waals surface area contributed by atoms with Gasteiger partial charge in [0, 0.05) is 55.9 Å². The minimum Gasteiger partial charge on any atom is -0.512 e. The number of phenolic OH excluding ortho intramolecular Hbond substituents is 1. The second-order valence-electron chi connectivity index (χ2n) is 13.9. The van der Waals surface area contributed by atoms with Crippen LogP contribution in [0.2, 0.25) is 0 Å². The van der Waals surface area contributed by atoms with Gasteiger partial charge in [-0.2, -0.15) is 0 Å². The van der Waals surface area contributed by atoms with Crippen LogP contribution in [0.25, 0.3) is 0 Å². The van der Waals surface area contributed by atoms with Crippen molar-refractivity contribution in [1.82, 2.24) is 5.32 Å². The van der Waals surface area contributed by atoms with E-state index in [9.17, 15) is 44.1 Å². The Morgan fingerprint density at radius 2 is 1.71 bits per heavy atom. The Kier molecular flexibility index (Phi) is 10.1. The molecule has 3 heterocycles. The molecule has 3 aliphatic heterocycles. The van der Waals surface area contributed by atoms with E-state index in [0.717, 1.165) is 12.3 Å². The molecule has 1 fully saturated rings. The summed E-state index contributed by atoms with van der Waals surface area (Å²) in [6, 6.07) is -1.40. The van der Waals surface area contributed by atoms with Gasteiger partial charge in [-0.05, 0) is 50.8 Å². The highest BCUT2D eigenvalue weighted by Gasteiger charge is 2.53. The van der Waals surface area contributed by atoms with Gasteiger partial charge in [0.05, 0.1) is 41.6 Å². The van der Waals surface area contributed by atoms with E-state index in [0.29, 0.717) is 0 Å². The van der Waals surface area contributed by atoms with Gasteiger partial charge < -0.3 is 39.6 Å². The maximum atomic E-state index is 13.9. The summed E-state index contributed by atoms with van der Waals surface area (Å²) in [4.78, 5) is 79.7. The van der Waals surface area contributed by atoms with Gasteiger partial charge in [-0.15, -0.1) is 0 Å². The van der Waals surface area contributed by atoms with Crippen LogP contribution < -0.4 is 10.1 Å². The number of ketones is 4. The Bertz CT molecular complexity index is 1820. The first kappa shape index (κ1) is 37.4. The molecule has 9 atom stereocenters. The second kappa shape index (κ2) is 13.7. The topological polar surface area (TPSA) is 212 Å². The van der Waals surface area contributed by atoms with E-state index in [1.807, 2.05) is 0 Å². The lowest BCUT2D eigenvalue weighted by molar-refractivity contribution is -0.154. The molecule has 4 N–H and O–H groups in total. The van der Waals surface area contributed by atoms with Crippen molar-refractivity contribution in [1.29, 1.82) is 0 Å². The zero-order valence-corrected chi connectivity index (χ0v) is 29.7. The molecular weight excluding hydrogens is 666 g/mol. The molecule has 1 unspecified atom stereocenters. The molecule has 1 saturated carbocycles. The molecule has 5 bridgehead atoms. The van der Waals surface area contributed by atoms with Crippen LogP contribution in [0.5, 0.6) is 11.5 Å². The Balaban J connectivity index is 1.60. The quantitative estimate of drug-likeness (QED) is 0.325. The number of hydrogen-bond donors (Lipinski definition) is 4. The first-order chi connectivity index (χ1) is 23.8. The van der Waals surface area contributed by atoms with Gasteiger partial charge in [-0.1, -0.05) is 13.8 Å². The average Bonchev–Trinajstić information content (AvgIpc) is 3.84. The smallest absolute Gasteiger partial charge is 0.312 e. The van der Waals surface area contributed by atoms with Gasteiger partial charge in [0.2, 0.25) is 5.91 Å². The van der Waals surface area contributed by atoms with E-state index < -0.39 is 107 Å². The molecule has 0 aromatic heterocycles. The zero-order chi connectivity index (χ0) is 37.9. The van der Waals surface area contributed by atoms with Crippen molar-refractivity contribution in [3.8, 4) is 11.5 Å². The summed E-state index contributed by atoms with van der Waals surface area (Å²) < 4.78 is 23.0. The average molecular weight is 710 g/mol. The van der Waals surface area contributed by atoms with E-state index in [-0.39, 0.29) is 45.8 Å². The van der Waals surface area contributed by atoms with Gasteiger partial charge in [-0.25, -0.2) is 0 Å². The van der Waals surface area contributed by atoms with Crippen molar-refractivity contribution in [2.45, 2.75) is 91.4 Å². The van der Waals surface area contributed by atoms with E-state index in [1.165, 1.54) is 47.8 Å². The second-order valence-corrected chi connectivity index (χ2v) is 13.9. The van der Waals surface area contributed by atoms with Crippen LogP contribution in [0.3, 0.4) is 0 Å². The van der Waals surface area contributed by atoms with E-state index in [1.54, 1.807) is 13.8 Å². The minimum absolute atomic E-state index is 0.000316. The molecule has 51 heavy (non-hydrogen) atoms. The fourth-order valence-electron chi connectivity index (χ4n) is 7.21. The standard InChI is InChI=1S/C37H43NO13/c1-14-11-23(40)20-12-21(20)30(43)16(3)29(42)17(4)33(50-19(6)39)15(2)25(48-8)9-10-49-37(7)35(46)28-26-24(41)13-22(38-36(14)47)32(45)27(26)31(44)18(5)34(28)51-37/h9-11,15,17,20-22,25,30,33,42-44H,12-13H2,1-8H3,(H,38,47)/b10-9-,14-11-,29-16+/t15-,17-,20-,21+,22?,25+,30-,33-,37+/m1/s1. The maximum Gasteiger partial charge on any atom is 0.312 e. The molecule has 1 aromatic rings. The molecule has 274 valence electrons. The molecule has 1 aromatic carbocycles. The number of aliphatic hydroxyl groups excluding tert-OH is 2. The number of Topliss-reactive ketones (excluding diaryl/α,β-unsaturated/α-hetero) is 3. The third kappa shape index (κ3) is 6.58. The van der Waals surface area contributed by atoms with Crippen LogP contribution in [0.1, 0.15) is 91.0 Å². The highest BCUT2D eigenvalue weighted by molar-refractivity contribution is 6.25. The number of aliphatic hydroxyl groups is 2. The summed E-state index contributed by atoms with van der Waals surface area (Å²) in [7, 11) is 1.40. The van der Waals surface area contributed by atoms with Gasteiger partial charge >= 0.3 is 11.8 Å². The number of amides is 1. The number of allylic oxidation sites excluding steroid dienone is 1. The van der Waals surface area contributed by atoms with Gasteiger partial charge in [0.15, 0.2) is 17.3 Å². The van der Waals surface area contributed by atoms with Gasteiger partial charge in [0.25, 0.3) is 5.78 Å². The van der Waals surface area contributed by atoms with Crippen LogP contribution in [-0.2, 0) is 28.6 Å². The summed E-state index contributed by atoms with van der Waals surface area (Å²) in [6.45, 7) is 10.1. The summed E-state index contributed by atoms with van der Waals surface area (Å²) in [5.41, 5.74) is -0.899.